The highest BCUT2D eigenvalue weighted by molar-refractivity contribution is 5.78. The molecule has 1 N–H and O–H groups in total. The van der Waals surface area contributed by atoms with Gasteiger partial charge in [0.2, 0.25) is 5.91 Å². The van der Waals surface area contributed by atoms with Crippen LogP contribution in [0.1, 0.15) is 37.9 Å². The molecule has 138 valence electrons. The lowest BCUT2D eigenvalue weighted by Crippen LogP contribution is -2.52. The summed E-state index contributed by atoms with van der Waals surface area (Å²) in [5, 5.41) is 10.5. The van der Waals surface area contributed by atoms with Crippen molar-refractivity contribution in [1.82, 2.24) is 9.80 Å². The SMILES string of the molecule is CC1CCCN(C(=O)CN2CCOCC2CC(O)c2ccccc2)C1. The van der Waals surface area contributed by atoms with Gasteiger partial charge in [0, 0.05) is 25.7 Å². The summed E-state index contributed by atoms with van der Waals surface area (Å²) in [6, 6.07) is 9.79. The maximum Gasteiger partial charge on any atom is 0.236 e. The first-order valence-electron chi connectivity index (χ1n) is 9.46. The van der Waals surface area contributed by atoms with Gasteiger partial charge in [-0.15, -0.1) is 0 Å². The van der Waals surface area contributed by atoms with Crippen molar-refractivity contribution in [1.29, 1.82) is 0 Å². The molecular weight excluding hydrogens is 316 g/mol. The molecular formula is C20H30N2O3. The second-order valence-electron chi connectivity index (χ2n) is 7.45. The van der Waals surface area contributed by atoms with Gasteiger partial charge in [-0.2, -0.15) is 0 Å². The van der Waals surface area contributed by atoms with E-state index >= 15 is 0 Å². The van der Waals surface area contributed by atoms with Crippen molar-refractivity contribution in [3.8, 4) is 0 Å². The van der Waals surface area contributed by atoms with Gasteiger partial charge in [-0.1, -0.05) is 37.3 Å². The van der Waals surface area contributed by atoms with Crippen molar-refractivity contribution in [2.75, 3.05) is 39.4 Å². The summed E-state index contributed by atoms with van der Waals surface area (Å²) < 4.78 is 5.62. The number of aliphatic hydroxyl groups is 1. The number of rotatable bonds is 5. The topological polar surface area (TPSA) is 53.0 Å². The van der Waals surface area contributed by atoms with E-state index in [1.807, 2.05) is 35.2 Å². The Bertz CT molecular complexity index is 551. The Hall–Kier alpha value is -1.43. The fraction of sp³-hybridized carbons (Fsp3) is 0.650. The van der Waals surface area contributed by atoms with E-state index in [2.05, 4.69) is 11.8 Å². The van der Waals surface area contributed by atoms with Crippen LogP contribution in [0.15, 0.2) is 30.3 Å². The third kappa shape index (κ3) is 5.03. The maximum absolute atomic E-state index is 12.7. The van der Waals surface area contributed by atoms with Crippen molar-refractivity contribution in [3.05, 3.63) is 35.9 Å². The van der Waals surface area contributed by atoms with E-state index in [4.69, 9.17) is 4.74 Å². The predicted octanol–water partition coefficient (Wildman–Crippen LogP) is 2.07. The third-order valence-electron chi connectivity index (χ3n) is 5.38. The molecule has 0 radical (unpaired) electrons. The summed E-state index contributed by atoms with van der Waals surface area (Å²) in [5.41, 5.74) is 0.921. The molecule has 3 unspecified atom stereocenters. The Morgan fingerprint density at radius 3 is 2.88 bits per heavy atom. The molecule has 0 saturated carbocycles. The largest absolute Gasteiger partial charge is 0.388 e. The van der Waals surface area contributed by atoms with E-state index in [9.17, 15) is 9.90 Å². The standard InChI is InChI=1S/C20H30N2O3/c1-16-6-5-9-22(13-16)20(24)14-21-10-11-25-15-18(21)12-19(23)17-7-3-2-4-8-17/h2-4,7-8,16,18-19,23H,5-6,9-15H2,1H3. The Morgan fingerprint density at radius 1 is 1.32 bits per heavy atom. The number of nitrogens with zero attached hydrogens (tertiary/aromatic N) is 2. The number of piperidine rings is 1. The average Bonchev–Trinajstić information content (AvgIpc) is 2.64. The molecule has 1 aromatic carbocycles. The zero-order valence-electron chi connectivity index (χ0n) is 15.1. The number of hydrogen-bond donors (Lipinski definition) is 1. The monoisotopic (exact) mass is 346 g/mol. The molecule has 2 fully saturated rings. The van der Waals surface area contributed by atoms with Crippen LogP contribution in [0.5, 0.6) is 0 Å². The van der Waals surface area contributed by atoms with Gasteiger partial charge in [0.1, 0.15) is 0 Å². The van der Waals surface area contributed by atoms with Crippen molar-refractivity contribution < 1.29 is 14.6 Å². The minimum atomic E-state index is -0.527. The number of hydrogen-bond acceptors (Lipinski definition) is 4. The lowest BCUT2D eigenvalue weighted by Gasteiger charge is -2.38. The fourth-order valence-electron chi connectivity index (χ4n) is 3.87. The van der Waals surface area contributed by atoms with Crippen LogP contribution in [-0.2, 0) is 9.53 Å². The highest BCUT2D eigenvalue weighted by Gasteiger charge is 2.29. The van der Waals surface area contributed by atoms with Crippen LogP contribution < -0.4 is 0 Å². The molecule has 3 rings (SSSR count). The molecule has 3 atom stereocenters. The number of carbonyl (C=O) groups is 1. The third-order valence-corrected chi connectivity index (χ3v) is 5.38. The quantitative estimate of drug-likeness (QED) is 0.887. The lowest BCUT2D eigenvalue weighted by atomic mass is 9.99. The predicted molar refractivity (Wildman–Crippen MR) is 97.2 cm³/mol. The van der Waals surface area contributed by atoms with Gasteiger partial charge in [-0.25, -0.2) is 0 Å². The van der Waals surface area contributed by atoms with E-state index in [-0.39, 0.29) is 11.9 Å². The van der Waals surface area contributed by atoms with Crippen LogP contribution in [0.25, 0.3) is 0 Å². The Kier molecular flexibility index (Phi) is 6.45. The number of carbonyl (C=O) groups excluding carboxylic acids is 1. The van der Waals surface area contributed by atoms with Gasteiger partial charge in [-0.05, 0) is 30.7 Å². The summed E-state index contributed by atoms with van der Waals surface area (Å²) >= 11 is 0. The molecule has 1 aromatic rings. The van der Waals surface area contributed by atoms with Crippen LogP contribution >= 0.6 is 0 Å². The maximum atomic E-state index is 12.7. The summed E-state index contributed by atoms with van der Waals surface area (Å²) in [5.74, 6) is 0.811. The van der Waals surface area contributed by atoms with E-state index < -0.39 is 6.10 Å². The number of amides is 1. The molecule has 2 saturated heterocycles. The van der Waals surface area contributed by atoms with Gasteiger partial charge in [0.25, 0.3) is 0 Å². The fourth-order valence-corrected chi connectivity index (χ4v) is 3.87. The lowest BCUT2D eigenvalue weighted by molar-refractivity contribution is -0.137. The zero-order valence-corrected chi connectivity index (χ0v) is 15.1. The first-order valence-corrected chi connectivity index (χ1v) is 9.46. The van der Waals surface area contributed by atoms with Crippen molar-refractivity contribution in [3.63, 3.8) is 0 Å². The van der Waals surface area contributed by atoms with Gasteiger partial charge in [-0.3, -0.25) is 9.69 Å². The second-order valence-corrected chi connectivity index (χ2v) is 7.45. The van der Waals surface area contributed by atoms with Gasteiger partial charge >= 0.3 is 0 Å². The molecule has 0 aromatic heterocycles. The Balaban J connectivity index is 1.58. The summed E-state index contributed by atoms with van der Waals surface area (Å²) in [6.07, 6.45) is 2.38. The molecule has 0 spiro atoms. The van der Waals surface area contributed by atoms with E-state index in [0.717, 1.165) is 31.6 Å². The summed E-state index contributed by atoms with van der Waals surface area (Å²) in [7, 11) is 0. The number of likely N-dealkylation sites (tertiary alicyclic amines) is 1. The van der Waals surface area contributed by atoms with Gasteiger partial charge in [0.05, 0.1) is 25.9 Å². The Labute approximate surface area is 150 Å². The van der Waals surface area contributed by atoms with E-state index in [1.54, 1.807) is 0 Å². The van der Waals surface area contributed by atoms with E-state index in [1.165, 1.54) is 6.42 Å². The average molecular weight is 346 g/mol. The number of aliphatic hydroxyl groups excluding tert-OH is 1. The number of benzene rings is 1. The highest BCUT2D eigenvalue weighted by atomic mass is 16.5. The molecule has 1 amide bonds. The Morgan fingerprint density at radius 2 is 2.12 bits per heavy atom. The smallest absolute Gasteiger partial charge is 0.236 e. The zero-order chi connectivity index (χ0) is 17.6. The summed E-state index contributed by atoms with van der Waals surface area (Å²) in [6.45, 7) is 6.39. The molecule has 0 bridgehead atoms. The molecule has 2 aliphatic rings. The van der Waals surface area contributed by atoms with Gasteiger partial charge < -0.3 is 14.7 Å². The van der Waals surface area contributed by atoms with Crippen LogP contribution in [0.4, 0.5) is 0 Å². The molecule has 5 nitrogen and oxygen atoms in total. The van der Waals surface area contributed by atoms with Crippen LogP contribution in [0.3, 0.4) is 0 Å². The van der Waals surface area contributed by atoms with E-state index in [0.29, 0.717) is 32.1 Å². The van der Waals surface area contributed by atoms with Crippen LogP contribution in [0.2, 0.25) is 0 Å². The normalized spacial score (nSPS) is 26.4. The minimum Gasteiger partial charge on any atom is -0.388 e. The van der Waals surface area contributed by atoms with Crippen LogP contribution in [-0.4, -0.2) is 66.2 Å². The first-order chi connectivity index (χ1) is 12.1. The molecule has 0 aliphatic carbocycles. The molecule has 5 heteroatoms. The van der Waals surface area contributed by atoms with Crippen molar-refractivity contribution in [2.24, 2.45) is 5.92 Å². The first kappa shape index (κ1) is 18.4. The molecule has 2 heterocycles. The van der Waals surface area contributed by atoms with Crippen molar-refractivity contribution >= 4 is 5.91 Å². The minimum absolute atomic E-state index is 0.0788. The number of ether oxygens (including phenoxy) is 1. The van der Waals surface area contributed by atoms with Crippen LogP contribution in [0, 0.1) is 5.92 Å². The van der Waals surface area contributed by atoms with Gasteiger partial charge in [0.15, 0.2) is 0 Å². The summed E-state index contributed by atoms with van der Waals surface area (Å²) in [4.78, 5) is 16.9. The number of morpholine rings is 1. The molecule has 25 heavy (non-hydrogen) atoms. The highest BCUT2D eigenvalue weighted by Crippen LogP contribution is 2.23. The second kappa shape index (κ2) is 8.79. The molecule has 2 aliphatic heterocycles. The van der Waals surface area contributed by atoms with Crippen molar-refractivity contribution in [2.45, 2.75) is 38.3 Å².